The lowest BCUT2D eigenvalue weighted by molar-refractivity contribution is 0.288. The number of nitrogens with zero attached hydrogens (tertiary/aromatic N) is 1. The Morgan fingerprint density at radius 1 is 1.38 bits per heavy atom. The molecule has 3 heteroatoms. The smallest absolute Gasteiger partial charge is 0.198 e. The molecule has 0 aliphatic rings. The molecule has 1 aromatic heterocycles. The quantitative estimate of drug-likeness (QED) is 0.860. The first-order valence-corrected chi connectivity index (χ1v) is 5.71. The van der Waals surface area contributed by atoms with Gasteiger partial charge in [0.05, 0.1) is 0 Å². The topological polar surface area (TPSA) is 46.3 Å². The van der Waals surface area contributed by atoms with Crippen LogP contribution >= 0.6 is 0 Å². The van der Waals surface area contributed by atoms with Crippen molar-refractivity contribution in [1.82, 2.24) is 4.98 Å². The Morgan fingerprint density at radius 2 is 2.19 bits per heavy atom. The van der Waals surface area contributed by atoms with Gasteiger partial charge in [0.2, 0.25) is 0 Å². The van der Waals surface area contributed by atoms with Crippen molar-refractivity contribution in [2.24, 2.45) is 0 Å². The number of hydrogen-bond acceptors (Lipinski definition) is 3. The van der Waals surface area contributed by atoms with E-state index in [0.29, 0.717) is 5.92 Å². The Hall–Kier alpha value is -1.35. The fourth-order valence-corrected chi connectivity index (χ4v) is 1.68. The number of aliphatic hydroxyl groups excluding tert-OH is 1. The predicted molar refractivity (Wildman–Crippen MR) is 63.5 cm³/mol. The molecule has 0 saturated carbocycles. The molecule has 3 nitrogen and oxygen atoms in total. The Labute approximate surface area is 95.1 Å². The molecule has 0 saturated heterocycles. The molecule has 0 amide bonds. The molecule has 0 atom stereocenters. The van der Waals surface area contributed by atoms with Crippen molar-refractivity contribution in [3.63, 3.8) is 0 Å². The van der Waals surface area contributed by atoms with Crippen molar-refractivity contribution in [2.45, 2.75) is 32.6 Å². The van der Waals surface area contributed by atoms with Gasteiger partial charge in [-0.25, -0.2) is 4.98 Å². The summed E-state index contributed by atoms with van der Waals surface area (Å²) < 4.78 is 5.63. The standard InChI is InChI=1S/C13H17NO2/c1-9(2)13-14-11-8-10(4-3-7-15)5-6-12(11)16-13/h5-6,8-9,15H,3-4,7H2,1-2H3. The average Bonchev–Trinajstić information content (AvgIpc) is 2.69. The highest BCUT2D eigenvalue weighted by molar-refractivity contribution is 5.73. The predicted octanol–water partition coefficient (Wildman–Crippen LogP) is 2.88. The van der Waals surface area contributed by atoms with E-state index in [0.717, 1.165) is 29.8 Å². The summed E-state index contributed by atoms with van der Waals surface area (Å²) in [6, 6.07) is 6.04. The molecule has 0 radical (unpaired) electrons. The SMILES string of the molecule is CC(C)c1nc2cc(CCCO)ccc2o1. The van der Waals surface area contributed by atoms with E-state index in [4.69, 9.17) is 9.52 Å². The van der Waals surface area contributed by atoms with Gasteiger partial charge in [-0.2, -0.15) is 0 Å². The van der Waals surface area contributed by atoms with Crippen LogP contribution in [0.4, 0.5) is 0 Å². The highest BCUT2D eigenvalue weighted by Gasteiger charge is 2.09. The monoisotopic (exact) mass is 219 g/mol. The van der Waals surface area contributed by atoms with E-state index in [9.17, 15) is 0 Å². The van der Waals surface area contributed by atoms with Gasteiger partial charge in [-0.15, -0.1) is 0 Å². The van der Waals surface area contributed by atoms with E-state index in [1.807, 2.05) is 18.2 Å². The highest BCUT2D eigenvalue weighted by Crippen LogP contribution is 2.22. The lowest BCUT2D eigenvalue weighted by Crippen LogP contribution is -1.89. The van der Waals surface area contributed by atoms with Gasteiger partial charge < -0.3 is 9.52 Å². The van der Waals surface area contributed by atoms with E-state index in [1.54, 1.807) is 0 Å². The number of oxazole rings is 1. The zero-order chi connectivity index (χ0) is 11.5. The van der Waals surface area contributed by atoms with Crippen LogP contribution in [-0.2, 0) is 6.42 Å². The zero-order valence-electron chi connectivity index (χ0n) is 9.73. The fourth-order valence-electron chi connectivity index (χ4n) is 1.68. The first kappa shape index (κ1) is 11.1. The summed E-state index contributed by atoms with van der Waals surface area (Å²) in [5.74, 6) is 1.10. The summed E-state index contributed by atoms with van der Waals surface area (Å²) in [6.07, 6.45) is 1.68. The zero-order valence-corrected chi connectivity index (χ0v) is 9.73. The Morgan fingerprint density at radius 3 is 2.88 bits per heavy atom. The fraction of sp³-hybridized carbons (Fsp3) is 0.462. The third-order valence-electron chi connectivity index (χ3n) is 2.59. The molecule has 0 aliphatic heterocycles. The third-order valence-corrected chi connectivity index (χ3v) is 2.59. The summed E-state index contributed by atoms with van der Waals surface area (Å²) >= 11 is 0. The molecule has 1 N–H and O–H groups in total. The maximum atomic E-state index is 8.78. The second-order valence-corrected chi connectivity index (χ2v) is 4.34. The lowest BCUT2D eigenvalue weighted by Gasteiger charge is -1.97. The molecular weight excluding hydrogens is 202 g/mol. The van der Waals surface area contributed by atoms with E-state index >= 15 is 0 Å². The van der Waals surface area contributed by atoms with Crippen LogP contribution in [-0.4, -0.2) is 16.7 Å². The van der Waals surface area contributed by atoms with Crippen LogP contribution in [0.3, 0.4) is 0 Å². The van der Waals surface area contributed by atoms with Crippen molar-refractivity contribution < 1.29 is 9.52 Å². The van der Waals surface area contributed by atoms with Crippen molar-refractivity contribution in [3.05, 3.63) is 29.7 Å². The number of fused-ring (bicyclic) bond motifs is 1. The van der Waals surface area contributed by atoms with Gasteiger partial charge in [0.1, 0.15) is 5.52 Å². The summed E-state index contributed by atoms with van der Waals surface area (Å²) in [4.78, 5) is 4.45. The number of rotatable bonds is 4. The third kappa shape index (κ3) is 2.25. The van der Waals surface area contributed by atoms with E-state index in [1.165, 1.54) is 5.56 Å². The molecule has 0 spiro atoms. The molecule has 1 aromatic carbocycles. The van der Waals surface area contributed by atoms with Gasteiger partial charge in [-0.3, -0.25) is 0 Å². The normalized spacial score (nSPS) is 11.5. The number of aryl methyl sites for hydroxylation is 1. The van der Waals surface area contributed by atoms with Crippen LogP contribution in [0, 0.1) is 0 Å². The van der Waals surface area contributed by atoms with Crippen LogP contribution < -0.4 is 0 Å². The van der Waals surface area contributed by atoms with Crippen molar-refractivity contribution >= 4 is 11.1 Å². The van der Waals surface area contributed by atoms with Gasteiger partial charge in [-0.05, 0) is 30.5 Å². The second kappa shape index (κ2) is 4.66. The van der Waals surface area contributed by atoms with Crippen LogP contribution in [0.1, 0.15) is 37.6 Å². The molecule has 0 bridgehead atoms. The summed E-state index contributed by atoms with van der Waals surface area (Å²) in [7, 11) is 0. The molecule has 2 aromatic rings. The van der Waals surface area contributed by atoms with E-state index < -0.39 is 0 Å². The molecule has 86 valence electrons. The van der Waals surface area contributed by atoms with Crippen LogP contribution in [0.2, 0.25) is 0 Å². The number of aromatic nitrogens is 1. The molecular formula is C13H17NO2. The summed E-state index contributed by atoms with van der Waals surface area (Å²) in [5, 5.41) is 8.78. The van der Waals surface area contributed by atoms with Gasteiger partial charge in [0, 0.05) is 12.5 Å². The first-order valence-electron chi connectivity index (χ1n) is 5.71. The van der Waals surface area contributed by atoms with E-state index in [2.05, 4.69) is 18.8 Å². The van der Waals surface area contributed by atoms with Crippen LogP contribution in [0.15, 0.2) is 22.6 Å². The molecule has 1 heterocycles. The number of benzene rings is 1. The van der Waals surface area contributed by atoms with Crippen molar-refractivity contribution in [2.75, 3.05) is 6.61 Å². The molecule has 0 unspecified atom stereocenters. The largest absolute Gasteiger partial charge is 0.440 e. The van der Waals surface area contributed by atoms with Crippen molar-refractivity contribution in [3.8, 4) is 0 Å². The minimum atomic E-state index is 0.230. The summed E-state index contributed by atoms with van der Waals surface area (Å²) in [5.41, 5.74) is 2.96. The van der Waals surface area contributed by atoms with E-state index in [-0.39, 0.29) is 6.61 Å². The van der Waals surface area contributed by atoms with Gasteiger partial charge in [0.25, 0.3) is 0 Å². The van der Waals surface area contributed by atoms with Crippen molar-refractivity contribution in [1.29, 1.82) is 0 Å². The lowest BCUT2D eigenvalue weighted by atomic mass is 10.1. The number of aliphatic hydroxyl groups is 1. The Bertz CT molecular complexity index is 474. The molecule has 0 aliphatic carbocycles. The number of hydrogen-bond donors (Lipinski definition) is 1. The van der Waals surface area contributed by atoms with Crippen LogP contribution in [0.5, 0.6) is 0 Å². The highest BCUT2D eigenvalue weighted by atomic mass is 16.3. The van der Waals surface area contributed by atoms with Gasteiger partial charge in [0.15, 0.2) is 11.5 Å². The molecule has 16 heavy (non-hydrogen) atoms. The minimum Gasteiger partial charge on any atom is -0.440 e. The second-order valence-electron chi connectivity index (χ2n) is 4.34. The van der Waals surface area contributed by atoms with Gasteiger partial charge >= 0.3 is 0 Å². The molecule has 2 rings (SSSR count). The Kier molecular flexibility index (Phi) is 3.25. The molecule has 0 fully saturated rings. The Balaban J connectivity index is 2.30. The van der Waals surface area contributed by atoms with Gasteiger partial charge in [-0.1, -0.05) is 19.9 Å². The maximum absolute atomic E-state index is 8.78. The first-order chi connectivity index (χ1) is 7.70. The van der Waals surface area contributed by atoms with Crippen LogP contribution in [0.25, 0.3) is 11.1 Å². The summed E-state index contributed by atoms with van der Waals surface area (Å²) in [6.45, 7) is 4.36. The maximum Gasteiger partial charge on any atom is 0.198 e. The minimum absolute atomic E-state index is 0.230. The average molecular weight is 219 g/mol.